The average molecular weight is 484 g/mol. The summed E-state index contributed by atoms with van der Waals surface area (Å²) in [6, 6.07) is 17.4. The number of hydrogen-bond acceptors (Lipinski definition) is 6. The van der Waals surface area contributed by atoms with Crippen LogP contribution < -0.4 is 5.32 Å². The molecule has 0 radical (unpaired) electrons. The van der Waals surface area contributed by atoms with Gasteiger partial charge in [0.1, 0.15) is 0 Å². The first-order valence-corrected chi connectivity index (χ1v) is 13.0. The van der Waals surface area contributed by atoms with Gasteiger partial charge in [0.15, 0.2) is 16.5 Å². The van der Waals surface area contributed by atoms with Crippen molar-refractivity contribution in [3.05, 3.63) is 72.0 Å². The number of furan rings is 1. The molecule has 33 heavy (non-hydrogen) atoms. The summed E-state index contributed by atoms with van der Waals surface area (Å²) in [5.41, 5.74) is 1.68. The lowest BCUT2D eigenvalue weighted by Crippen LogP contribution is -2.30. The van der Waals surface area contributed by atoms with Gasteiger partial charge in [-0.25, -0.2) is 13.4 Å². The van der Waals surface area contributed by atoms with Crippen LogP contribution in [0.3, 0.4) is 0 Å². The molecule has 172 valence electrons. The number of carbonyl (C=O) groups excluding carboxylic acids is 1. The fourth-order valence-corrected chi connectivity index (χ4v) is 5.93. The molecular weight excluding hydrogens is 458 g/mol. The molecule has 0 aliphatic rings. The van der Waals surface area contributed by atoms with Gasteiger partial charge in [0, 0.05) is 13.1 Å². The highest BCUT2D eigenvalue weighted by Gasteiger charge is 2.22. The van der Waals surface area contributed by atoms with Crippen LogP contribution in [-0.2, 0) is 10.0 Å². The van der Waals surface area contributed by atoms with Crippen molar-refractivity contribution in [3.8, 4) is 10.8 Å². The summed E-state index contributed by atoms with van der Waals surface area (Å²) in [4.78, 5) is 17.5. The smallest absolute Gasteiger partial charge is 0.287 e. The topological polar surface area (TPSA) is 92.5 Å². The summed E-state index contributed by atoms with van der Waals surface area (Å²) in [6.07, 6.45) is 0. The zero-order valence-electron chi connectivity index (χ0n) is 18.6. The molecule has 7 nitrogen and oxygen atoms in total. The third kappa shape index (κ3) is 4.71. The Morgan fingerprint density at radius 3 is 2.42 bits per heavy atom. The Kier molecular flexibility index (Phi) is 6.64. The van der Waals surface area contributed by atoms with E-state index in [4.69, 9.17) is 4.42 Å². The van der Waals surface area contributed by atoms with Crippen molar-refractivity contribution in [1.29, 1.82) is 0 Å². The van der Waals surface area contributed by atoms with Crippen LogP contribution in [0.5, 0.6) is 0 Å². The molecule has 2 heterocycles. The van der Waals surface area contributed by atoms with E-state index in [2.05, 4.69) is 10.3 Å². The van der Waals surface area contributed by atoms with E-state index >= 15 is 0 Å². The molecule has 4 rings (SSSR count). The molecule has 0 fully saturated rings. The highest BCUT2D eigenvalue weighted by atomic mass is 32.2. The van der Waals surface area contributed by atoms with Crippen LogP contribution in [0.2, 0.25) is 0 Å². The van der Waals surface area contributed by atoms with Crippen molar-refractivity contribution < 1.29 is 17.6 Å². The molecule has 1 unspecified atom stereocenters. The molecule has 4 aromatic rings. The van der Waals surface area contributed by atoms with Crippen molar-refractivity contribution in [3.63, 3.8) is 0 Å². The van der Waals surface area contributed by atoms with Crippen LogP contribution in [0.1, 0.15) is 42.9 Å². The standard InChI is InChI=1S/C24H25N3O4S2/c1-4-27(5-2)33(29,30)18-12-10-17(11-13-18)16(3)25-23(28)20-14-15-21(31-20)24-26-19-8-6-7-9-22(19)32-24/h6-16H,4-5H2,1-3H3,(H,25,28). The fourth-order valence-electron chi connectivity index (χ4n) is 3.54. The summed E-state index contributed by atoms with van der Waals surface area (Å²) in [5, 5.41) is 3.61. The first kappa shape index (κ1) is 23.2. The van der Waals surface area contributed by atoms with Crippen LogP contribution in [0.4, 0.5) is 0 Å². The van der Waals surface area contributed by atoms with E-state index in [1.54, 1.807) is 36.4 Å². The van der Waals surface area contributed by atoms with Gasteiger partial charge in [0.2, 0.25) is 10.0 Å². The molecular formula is C24H25N3O4S2. The second-order valence-electron chi connectivity index (χ2n) is 7.50. The van der Waals surface area contributed by atoms with Gasteiger partial charge < -0.3 is 9.73 Å². The predicted octanol–water partition coefficient (Wildman–Crippen LogP) is 5.08. The van der Waals surface area contributed by atoms with Gasteiger partial charge in [-0.05, 0) is 48.9 Å². The largest absolute Gasteiger partial charge is 0.448 e. The van der Waals surface area contributed by atoms with Gasteiger partial charge in [-0.3, -0.25) is 4.79 Å². The van der Waals surface area contributed by atoms with Crippen LogP contribution in [0.25, 0.3) is 21.0 Å². The average Bonchev–Trinajstić information content (AvgIpc) is 3.47. The molecule has 2 aromatic carbocycles. The van der Waals surface area contributed by atoms with Gasteiger partial charge >= 0.3 is 0 Å². The van der Waals surface area contributed by atoms with Crippen molar-refractivity contribution in [2.24, 2.45) is 0 Å². The van der Waals surface area contributed by atoms with E-state index in [1.165, 1.54) is 15.6 Å². The number of amides is 1. The summed E-state index contributed by atoms with van der Waals surface area (Å²) < 4.78 is 33.5. The van der Waals surface area contributed by atoms with E-state index in [0.717, 1.165) is 15.8 Å². The Bertz CT molecular complexity index is 1340. The SMILES string of the molecule is CCN(CC)S(=O)(=O)c1ccc(C(C)NC(=O)c2ccc(-c3nc4ccccc4s3)o2)cc1. The maximum atomic E-state index is 12.7. The molecule has 0 spiro atoms. The lowest BCUT2D eigenvalue weighted by molar-refractivity contribution is 0.0912. The minimum Gasteiger partial charge on any atom is -0.448 e. The van der Waals surface area contributed by atoms with Crippen molar-refractivity contribution in [2.45, 2.75) is 31.7 Å². The number of hydrogen-bond donors (Lipinski definition) is 1. The number of para-hydroxylation sites is 1. The number of thiazole rings is 1. The maximum absolute atomic E-state index is 12.7. The normalized spacial score (nSPS) is 12.8. The molecule has 1 N–H and O–H groups in total. The van der Waals surface area contributed by atoms with Gasteiger partial charge in [-0.15, -0.1) is 11.3 Å². The fraction of sp³-hybridized carbons (Fsp3) is 0.250. The summed E-state index contributed by atoms with van der Waals surface area (Å²) in [5.74, 6) is 0.381. The number of carbonyl (C=O) groups is 1. The van der Waals surface area contributed by atoms with E-state index < -0.39 is 10.0 Å². The van der Waals surface area contributed by atoms with Crippen molar-refractivity contribution >= 4 is 37.5 Å². The van der Waals surface area contributed by atoms with Crippen LogP contribution in [0, 0.1) is 0 Å². The highest BCUT2D eigenvalue weighted by Crippen LogP contribution is 2.31. The van der Waals surface area contributed by atoms with E-state index in [0.29, 0.717) is 23.9 Å². The van der Waals surface area contributed by atoms with Crippen molar-refractivity contribution in [2.75, 3.05) is 13.1 Å². The lowest BCUT2D eigenvalue weighted by Gasteiger charge is -2.19. The summed E-state index contributed by atoms with van der Waals surface area (Å²) >= 11 is 1.51. The zero-order chi connectivity index (χ0) is 23.6. The second kappa shape index (κ2) is 9.46. The predicted molar refractivity (Wildman–Crippen MR) is 130 cm³/mol. The molecule has 1 amide bonds. The second-order valence-corrected chi connectivity index (χ2v) is 10.5. The minimum absolute atomic E-state index is 0.192. The Hall–Kier alpha value is -3.01. The maximum Gasteiger partial charge on any atom is 0.287 e. The minimum atomic E-state index is -3.52. The first-order valence-electron chi connectivity index (χ1n) is 10.7. The van der Waals surface area contributed by atoms with E-state index in [9.17, 15) is 13.2 Å². The van der Waals surface area contributed by atoms with Crippen LogP contribution >= 0.6 is 11.3 Å². The number of nitrogens with one attached hydrogen (secondary N) is 1. The van der Waals surface area contributed by atoms with Crippen LogP contribution in [-0.4, -0.2) is 36.7 Å². The van der Waals surface area contributed by atoms with Crippen LogP contribution in [0.15, 0.2) is 70.0 Å². The Labute approximate surface area is 197 Å². The molecule has 0 saturated carbocycles. The van der Waals surface area contributed by atoms with E-state index in [-0.39, 0.29) is 22.6 Å². The summed E-state index contributed by atoms with van der Waals surface area (Å²) in [6.45, 7) is 6.28. The number of nitrogens with zero attached hydrogens (tertiary/aromatic N) is 2. The number of sulfonamides is 1. The Balaban J connectivity index is 1.46. The molecule has 9 heteroatoms. The molecule has 0 aliphatic heterocycles. The van der Waals surface area contributed by atoms with Gasteiger partial charge in [0.05, 0.1) is 21.2 Å². The van der Waals surface area contributed by atoms with E-state index in [1.807, 2.05) is 45.0 Å². The van der Waals surface area contributed by atoms with Gasteiger partial charge in [-0.2, -0.15) is 4.31 Å². The van der Waals surface area contributed by atoms with Gasteiger partial charge in [0.25, 0.3) is 5.91 Å². The third-order valence-corrected chi connectivity index (χ3v) is 8.52. The molecule has 0 bridgehead atoms. The Morgan fingerprint density at radius 2 is 1.76 bits per heavy atom. The monoisotopic (exact) mass is 483 g/mol. The quantitative estimate of drug-likeness (QED) is 0.377. The number of fused-ring (bicyclic) bond motifs is 1. The Morgan fingerprint density at radius 1 is 1.06 bits per heavy atom. The zero-order valence-corrected chi connectivity index (χ0v) is 20.2. The van der Waals surface area contributed by atoms with Crippen molar-refractivity contribution in [1.82, 2.24) is 14.6 Å². The number of rotatable bonds is 8. The third-order valence-electron chi connectivity index (χ3n) is 5.41. The molecule has 1 atom stereocenters. The molecule has 0 aliphatic carbocycles. The number of benzene rings is 2. The summed E-state index contributed by atoms with van der Waals surface area (Å²) in [7, 11) is -3.52. The highest BCUT2D eigenvalue weighted by molar-refractivity contribution is 7.89. The molecule has 2 aromatic heterocycles. The first-order chi connectivity index (χ1) is 15.8. The lowest BCUT2D eigenvalue weighted by atomic mass is 10.1. The van der Waals surface area contributed by atoms with Gasteiger partial charge in [-0.1, -0.05) is 38.1 Å². The molecule has 0 saturated heterocycles. The number of aromatic nitrogens is 1.